The van der Waals surface area contributed by atoms with Gasteiger partial charge >= 0.3 is 0 Å². The molecule has 1 aliphatic rings. The summed E-state index contributed by atoms with van der Waals surface area (Å²) in [5.74, 6) is -0.378. The van der Waals surface area contributed by atoms with Crippen molar-refractivity contribution in [1.29, 1.82) is 0 Å². The third kappa shape index (κ3) is 5.25. The van der Waals surface area contributed by atoms with Crippen LogP contribution in [0.25, 0.3) is 0 Å². The van der Waals surface area contributed by atoms with E-state index in [0.717, 1.165) is 21.2 Å². The van der Waals surface area contributed by atoms with Gasteiger partial charge in [-0.3, -0.25) is 14.6 Å². The molecule has 0 saturated heterocycles. The second-order valence-corrected chi connectivity index (χ2v) is 9.92. The maximum Gasteiger partial charge on any atom is 0.271 e. The maximum atomic E-state index is 14.1. The zero-order valence-corrected chi connectivity index (χ0v) is 21.9. The number of carbonyl (C=O) groups excluding carboxylic acids is 2. The topological polar surface area (TPSA) is 62.3 Å². The van der Waals surface area contributed by atoms with Crippen molar-refractivity contribution in [3.05, 3.63) is 147 Å². The van der Waals surface area contributed by atoms with E-state index >= 15 is 0 Å². The van der Waals surface area contributed by atoms with Crippen LogP contribution in [0.2, 0.25) is 0 Å². The molecule has 2 heterocycles. The van der Waals surface area contributed by atoms with E-state index in [1.165, 1.54) is 0 Å². The van der Waals surface area contributed by atoms with Crippen molar-refractivity contribution in [1.82, 2.24) is 15.2 Å². The Labute approximate surface area is 225 Å². The fourth-order valence-electron chi connectivity index (χ4n) is 4.68. The first-order chi connectivity index (χ1) is 18.0. The van der Waals surface area contributed by atoms with Gasteiger partial charge in [0.1, 0.15) is 5.70 Å². The Morgan fingerprint density at radius 2 is 1.62 bits per heavy atom. The summed E-state index contributed by atoms with van der Waals surface area (Å²) in [6.07, 6.45) is 3.46. The Hall–Kier alpha value is -4.03. The number of nitrogens with one attached hydrogen (secondary N) is 1. The van der Waals surface area contributed by atoms with Gasteiger partial charge in [0.15, 0.2) is 5.78 Å². The van der Waals surface area contributed by atoms with Gasteiger partial charge in [-0.05, 0) is 41.8 Å². The molecule has 37 heavy (non-hydrogen) atoms. The van der Waals surface area contributed by atoms with Crippen molar-refractivity contribution in [3.8, 4) is 0 Å². The lowest BCUT2D eigenvalue weighted by molar-refractivity contribution is -0.128. The van der Waals surface area contributed by atoms with Gasteiger partial charge in [-0.1, -0.05) is 94.8 Å². The summed E-state index contributed by atoms with van der Waals surface area (Å²) in [4.78, 5) is 34.2. The molecule has 0 bridgehead atoms. The zero-order chi connectivity index (χ0) is 25.8. The SMILES string of the molecule is C[C@@H](NC1=C(C(=O)c2ccccc2)C(c2ccc(Br)cc2)N(Cc2cccnc2)C1=O)c1ccccc1. The summed E-state index contributed by atoms with van der Waals surface area (Å²) in [6.45, 7) is 2.32. The smallest absolute Gasteiger partial charge is 0.271 e. The van der Waals surface area contributed by atoms with Crippen LogP contribution < -0.4 is 5.32 Å². The van der Waals surface area contributed by atoms with E-state index in [2.05, 4.69) is 26.2 Å². The molecular weight excluding hydrogens is 526 g/mol. The highest BCUT2D eigenvalue weighted by atomic mass is 79.9. The average molecular weight is 552 g/mol. The van der Waals surface area contributed by atoms with Crippen molar-refractivity contribution in [2.45, 2.75) is 25.6 Å². The number of carbonyl (C=O) groups is 2. The molecule has 3 aromatic carbocycles. The number of nitrogens with zero attached hydrogens (tertiary/aromatic N) is 2. The largest absolute Gasteiger partial charge is 0.374 e. The van der Waals surface area contributed by atoms with Gasteiger partial charge in [-0.25, -0.2) is 0 Å². The molecule has 1 amide bonds. The molecule has 1 N–H and O–H groups in total. The van der Waals surface area contributed by atoms with E-state index in [0.29, 0.717) is 23.4 Å². The van der Waals surface area contributed by atoms with Crippen molar-refractivity contribution < 1.29 is 9.59 Å². The highest BCUT2D eigenvalue weighted by Gasteiger charge is 2.44. The fourth-order valence-corrected chi connectivity index (χ4v) is 4.94. The minimum atomic E-state index is -0.556. The van der Waals surface area contributed by atoms with Gasteiger partial charge in [0.2, 0.25) is 0 Å². The van der Waals surface area contributed by atoms with Crippen LogP contribution in [0.3, 0.4) is 0 Å². The molecule has 5 nitrogen and oxygen atoms in total. The zero-order valence-electron chi connectivity index (χ0n) is 20.3. The van der Waals surface area contributed by atoms with E-state index in [-0.39, 0.29) is 17.7 Å². The fraction of sp³-hybridized carbons (Fsp3) is 0.129. The molecule has 184 valence electrons. The lowest BCUT2D eigenvalue weighted by Gasteiger charge is -2.27. The molecule has 0 aliphatic carbocycles. The number of amides is 1. The first kappa shape index (κ1) is 24.7. The number of benzene rings is 3. The molecule has 6 heteroatoms. The Morgan fingerprint density at radius 3 is 2.27 bits per heavy atom. The van der Waals surface area contributed by atoms with E-state index in [9.17, 15) is 9.59 Å². The Balaban J connectivity index is 1.65. The van der Waals surface area contributed by atoms with Crippen LogP contribution in [0, 0.1) is 0 Å². The molecule has 0 saturated carbocycles. The molecule has 1 aromatic heterocycles. The number of Topliss-reactive ketones (excluding diaryl/α,β-unsaturated/α-hetero) is 1. The average Bonchev–Trinajstić information content (AvgIpc) is 3.21. The quantitative estimate of drug-likeness (QED) is 0.257. The van der Waals surface area contributed by atoms with Crippen molar-refractivity contribution in [2.24, 2.45) is 0 Å². The number of hydrogen-bond donors (Lipinski definition) is 1. The van der Waals surface area contributed by atoms with E-state index < -0.39 is 6.04 Å². The lowest BCUT2D eigenvalue weighted by atomic mass is 9.92. The van der Waals surface area contributed by atoms with E-state index in [1.807, 2.05) is 91.9 Å². The molecule has 1 unspecified atom stereocenters. The number of halogens is 1. The summed E-state index contributed by atoms with van der Waals surface area (Å²) in [5.41, 5.74) is 4.11. The molecule has 5 rings (SSSR count). The minimum Gasteiger partial charge on any atom is -0.374 e. The summed E-state index contributed by atoms with van der Waals surface area (Å²) < 4.78 is 0.926. The predicted molar refractivity (Wildman–Crippen MR) is 147 cm³/mol. The van der Waals surface area contributed by atoms with Gasteiger partial charge in [0.05, 0.1) is 11.6 Å². The molecule has 4 aromatic rings. The predicted octanol–water partition coefficient (Wildman–Crippen LogP) is 6.42. The third-order valence-electron chi connectivity index (χ3n) is 6.53. The second-order valence-electron chi connectivity index (χ2n) is 9.01. The van der Waals surface area contributed by atoms with Crippen LogP contribution in [0.5, 0.6) is 0 Å². The number of pyridine rings is 1. The van der Waals surface area contributed by atoms with Gasteiger partial charge < -0.3 is 10.2 Å². The summed E-state index contributed by atoms with van der Waals surface area (Å²) in [6, 6.07) is 29.9. The Bertz CT molecular complexity index is 1420. The first-order valence-electron chi connectivity index (χ1n) is 12.1. The van der Waals surface area contributed by atoms with Crippen LogP contribution in [-0.4, -0.2) is 21.6 Å². The van der Waals surface area contributed by atoms with Crippen LogP contribution in [0.4, 0.5) is 0 Å². The van der Waals surface area contributed by atoms with Gasteiger partial charge in [-0.15, -0.1) is 0 Å². The second kappa shape index (κ2) is 10.9. The standard InChI is InChI=1S/C31H26BrN3O2/c1-21(23-10-4-2-5-11-23)34-28-27(30(36)25-12-6-3-7-13-25)29(24-14-16-26(32)17-15-24)35(31(28)37)20-22-9-8-18-33-19-22/h2-19,21,29,34H,20H2,1H3/t21-,29?/m1/s1. The van der Waals surface area contributed by atoms with Crippen molar-refractivity contribution >= 4 is 27.6 Å². The van der Waals surface area contributed by atoms with E-state index in [1.54, 1.807) is 29.4 Å². The normalized spacial score (nSPS) is 16.1. The molecule has 0 radical (unpaired) electrons. The number of hydrogen-bond acceptors (Lipinski definition) is 4. The summed E-state index contributed by atoms with van der Waals surface area (Å²) in [5, 5.41) is 3.42. The van der Waals surface area contributed by atoms with E-state index in [4.69, 9.17) is 0 Å². The maximum absolute atomic E-state index is 14.1. The van der Waals surface area contributed by atoms with Gasteiger partial charge in [-0.2, -0.15) is 0 Å². The van der Waals surface area contributed by atoms with Crippen LogP contribution in [0.1, 0.15) is 46.1 Å². The third-order valence-corrected chi connectivity index (χ3v) is 7.06. The number of ketones is 1. The van der Waals surface area contributed by atoms with Crippen LogP contribution in [-0.2, 0) is 11.3 Å². The molecule has 2 atom stereocenters. The molecule has 1 aliphatic heterocycles. The summed E-state index contributed by atoms with van der Waals surface area (Å²) in [7, 11) is 0. The van der Waals surface area contributed by atoms with Gasteiger partial charge in [0.25, 0.3) is 5.91 Å². The molecular formula is C31H26BrN3O2. The monoisotopic (exact) mass is 551 g/mol. The van der Waals surface area contributed by atoms with Crippen LogP contribution in [0.15, 0.2) is 125 Å². The molecule has 0 fully saturated rings. The van der Waals surface area contributed by atoms with Crippen LogP contribution >= 0.6 is 15.9 Å². The lowest BCUT2D eigenvalue weighted by Crippen LogP contribution is -2.33. The first-order valence-corrected chi connectivity index (χ1v) is 12.9. The minimum absolute atomic E-state index is 0.168. The molecule has 0 spiro atoms. The highest BCUT2D eigenvalue weighted by molar-refractivity contribution is 9.10. The van der Waals surface area contributed by atoms with Crippen molar-refractivity contribution in [2.75, 3.05) is 0 Å². The van der Waals surface area contributed by atoms with Crippen molar-refractivity contribution in [3.63, 3.8) is 0 Å². The Kier molecular flexibility index (Phi) is 7.28. The van der Waals surface area contributed by atoms with Gasteiger partial charge in [0, 0.05) is 35.0 Å². The number of aromatic nitrogens is 1. The highest BCUT2D eigenvalue weighted by Crippen LogP contribution is 2.41. The number of rotatable bonds is 8. The Morgan fingerprint density at radius 1 is 0.946 bits per heavy atom. The summed E-state index contributed by atoms with van der Waals surface area (Å²) >= 11 is 3.51.